The van der Waals surface area contributed by atoms with Crippen molar-refractivity contribution in [2.45, 2.75) is 11.9 Å². The van der Waals surface area contributed by atoms with Crippen LogP contribution in [0.5, 0.6) is 0 Å². The Hall–Kier alpha value is -0.160. The number of terminal acetylenes is 1. The number of alkyl halides is 1. The van der Waals surface area contributed by atoms with Crippen molar-refractivity contribution in [1.29, 1.82) is 0 Å². The van der Waals surface area contributed by atoms with Gasteiger partial charge in [-0.25, -0.2) is 0 Å². The van der Waals surface area contributed by atoms with Crippen LogP contribution in [0.15, 0.2) is 0 Å². The molecule has 2 heteroatoms. The summed E-state index contributed by atoms with van der Waals surface area (Å²) in [4.78, 5) is 0. The summed E-state index contributed by atoms with van der Waals surface area (Å²) in [5, 5.41) is -0.0255. The van der Waals surface area contributed by atoms with Crippen molar-refractivity contribution in [1.82, 2.24) is 0 Å². The van der Waals surface area contributed by atoms with E-state index in [1.807, 2.05) is 6.11 Å². The molecule has 34 valence electrons. The molecule has 0 spiro atoms. The molecule has 1 atom stereocenters. The predicted octanol–water partition coefficient (Wildman–Crippen LogP) is 1.33. The van der Waals surface area contributed by atoms with Crippen LogP contribution in [0.1, 0.15) is 6.92 Å². The molecule has 0 aromatic heterocycles. The van der Waals surface area contributed by atoms with E-state index < -0.39 is 0 Å². The Kier molecular flexibility index (Phi) is 2.97. The van der Waals surface area contributed by atoms with Gasteiger partial charge in [0.25, 0.3) is 0 Å². The van der Waals surface area contributed by atoms with Crippen molar-refractivity contribution in [2.75, 3.05) is 0 Å². The van der Waals surface area contributed by atoms with Gasteiger partial charge in [0.05, 0.1) is 0 Å². The smallest absolute Gasteiger partial charge is 0.162 e. The van der Waals surface area contributed by atoms with Crippen LogP contribution < -0.4 is 0 Å². The van der Waals surface area contributed by atoms with Gasteiger partial charge in [-0.2, -0.15) is 0 Å². The Morgan fingerprint density at radius 3 is 2.50 bits per heavy atom. The van der Waals surface area contributed by atoms with Gasteiger partial charge in [-0.05, 0) is 22.9 Å². The normalized spacial score (nSPS) is 12.2. The van der Waals surface area contributed by atoms with Crippen molar-refractivity contribution in [2.24, 2.45) is 0 Å². The number of halogens is 1. The molecule has 0 aliphatic carbocycles. The zero-order chi connectivity index (χ0) is 4.99. The van der Waals surface area contributed by atoms with Gasteiger partial charge in [-0.1, -0.05) is 6.42 Å². The summed E-state index contributed by atoms with van der Waals surface area (Å²) in [6.07, 6.45) is 6.75. The van der Waals surface area contributed by atoms with Gasteiger partial charge in [0.2, 0.25) is 0 Å². The average Bonchev–Trinajstić information content (AvgIpc) is 1.35. The fourth-order valence-corrected chi connectivity index (χ4v) is 0.202. The first-order valence-corrected chi connectivity index (χ1v) is 2.44. The van der Waals surface area contributed by atoms with Crippen LogP contribution in [0.4, 0.5) is 0 Å². The molecule has 0 fully saturated rings. The topological polar surface area (TPSA) is 9.23 Å². The van der Waals surface area contributed by atoms with E-state index in [4.69, 9.17) is 6.42 Å². The summed E-state index contributed by atoms with van der Waals surface area (Å²) in [7, 11) is 0. The fraction of sp³-hybridized carbons (Fsp3) is 0.500. The van der Waals surface area contributed by atoms with E-state index in [2.05, 4.69) is 20.7 Å². The van der Waals surface area contributed by atoms with Gasteiger partial charge in [-0.3, -0.25) is 0 Å². The van der Waals surface area contributed by atoms with E-state index >= 15 is 0 Å². The Balaban J connectivity index is 2.88. The first kappa shape index (κ1) is 5.84. The Morgan fingerprint density at radius 2 is 2.50 bits per heavy atom. The third-order valence-corrected chi connectivity index (χ3v) is 0.417. The molecular weight excluding hydrogens is 144 g/mol. The molecule has 1 nitrogen and oxygen atoms in total. The Labute approximate surface area is 45.8 Å². The highest BCUT2D eigenvalue weighted by Gasteiger charge is 1.84. The van der Waals surface area contributed by atoms with Crippen LogP contribution in [0.3, 0.4) is 0 Å². The number of hydrogen-bond acceptors (Lipinski definition) is 1. The second-order valence-corrected chi connectivity index (χ2v) is 2.07. The molecule has 0 radical (unpaired) electrons. The lowest BCUT2D eigenvalue weighted by molar-refractivity contribution is 0.274. The van der Waals surface area contributed by atoms with Gasteiger partial charge in [0.15, 0.2) is 5.01 Å². The van der Waals surface area contributed by atoms with Crippen LogP contribution in [0.25, 0.3) is 0 Å². The van der Waals surface area contributed by atoms with Crippen molar-refractivity contribution < 1.29 is 4.74 Å². The standard InChI is InChI=1S/C4H5BrO/c1-3-6-4(2)5/h1,4H,2H3. The molecule has 6 heavy (non-hydrogen) atoms. The van der Waals surface area contributed by atoms with Crippen LogP contribution in [-0.2, 0) is 4.74 Å². The van der Waals surface area contributed by atoms with E-state index in [0.29, 0.717) is 0 Å². The minimum Gasteiger partial charge on any atom is -0.432 e. The highest BCUT2D eigenvalue weighted by molar-refractivity contribution is 9.09. The highest BCUT2D eigenvalue weighted by Crippen LogP contribution is 1.95. The van der Waals surface area contributed by atoms with Gasteiger partial charge < -0.3 is 4.74 Å². The van der Waals surface area contributed by atoms with Gasteiger partial charge >= 0.3 is 0 Å². The quantitative estimate of drug-likeness (QED) is 0.403. The van der Waals surface area contributed by atoms with Crippen LogP contribution in [0.2, 0.25) is 0 Å². The largest absolute Gasteiger partial charge is 0.432 e. The lowest BCUT2D eigenvalue weighted by Gasteiger charge is -1.93. The maximum Gasteiger partial charge on any atom is 0.162 e. The third kappa shape index (κ3) is 3.84. The molecule has 0 bridgehead atoms. The average molecular weight is 149 g/mol. The minimum atomic E-state index is -0.0255. The van der Waals surface area contributed by atoms with E-state index in [1.54, 1.807) is 6.92 Å². The number of hydrogen-bond donors (Lipinski definition) is 0. The summed E-state index contributed by atoms with van der Waals surface area (Å²) in [5.74, 6) is 0. The summed E-state index contributed by atoms with van der Waals surface area (Å²) < 4.78 is 4.49. The fourth-order valence-electron chi connectivity index (χ4n) is 0.0938. The van der Waals surface area contributed by atoms with Crippen molar-refractivity contribution >= 4 is 15.9 Å². The summed E-state index contributed by atoms with van der Waals surface area (Å²) in [6, 6.07) is 0. The van der Waals surface area contributed by atoms with E-state index in [9.17, 15) is 0 Å². The number of rotatable bonds is 1. The van der Waals surface area contributed by atoms with E-state index in [-0.39, 0.29) is 5.01 Å². The second-order valence-electron chi connectivity index (χ2n) is 0.779. The van der Waals surface area contributed by atoms with Crippen LogP contribution in [-0.4, -0.2) is 5.01 Å². The molecule has 0 aromatic carbocycles. The molecule has 0 aliphatic heterocycles. The monoisotopic (exact) mass is 148 g/mol. The SMILES string of the molecule is C#COC(C)Br. The molecule has 0 saturated heterocycles. The molecule has 0 aliphatic rings. The third-order valence-electron chi connectivity index (χ3n) is 0.230. The second kappa shape index (κ2) is 3.05. The minimum absolute atomic E-state index is 0.0255. The molecule has 0 amide bonds. The summed E-state index contributed by atoms with van der Waals surface area (Å²) in [6.45, 7) is 1.81. The first-order chi connectivity index (χ1) is 2.77. The lowest BCUT2D eigenvalue weighted by atomic mass is 10.9. The van der Waals surface area contributed by atoms with Gasteiger partial charge in [0, 0.05) is 0 Å². The molecule has 0 aromatic rings. The van der Waals surface area contributed by atoms with Gasteiger partial charge in [-0.15, -0.1) is 0 Å². The van der Waals surface area contributed by atoms with E-state index in [0.717, 1.165) is 0 Å². The number of ether oxygens (including phenoxy) is 1. The summed E-state index contributed by atoms with van der Waals surface area (Å²) in [5.41, 5.74) is 0. The molecule has 1 unspecified atom stereocenters. The Bertz CT molecular complexity index is 62.4. The maximum absolute atomic E-state index is 4.73. The molecule has 0 rings (SSSR count). The van der Waals surface area contributed by atoms with Crippen LogP contribution >= 0.6 is 15.9 Å². The molecule has 0 saturated carbocycles. The Morgan fingerprint density at radius 1 is 2.00 bits per heavy atom. The van der Waals surface area contributed by atoms with Crippen molar-refractivity contribution in [3.63, 3.8) is 0 Å². The van der Waals surface area contributed by atoms with Crippen LogP contribution in [0, 0.1) is 12.5 Å². The zero-order valence-electron chi connectivity index (χ0n) is 3.44. The van der Waals surface area contributed by atoms with Crippen molar-refractivity contribution in [3.8, 4) is 12.5 Å². The summed E-state index contributed by atoms with van der Waals surface area (Å²) >= 11 is 3.07. The van der Waals surface area contributed by atoms with E-state index in [1.165, 1.54) is 0 Å². The highest BCUT2D eigenvalue weighted by atomic mass is 79.9. The molecule has 0 heterocycles. The molecule has 0 N–H and O–H groups in total. The zero-order valence-corrected chi connectivity index (χ0v) is 5.03. The predicted molar refractivity (Wildman–Crippen MR) is 28.3 cm³/mol. The maximum atomic E-state index is 4.73. The lowest BCUT2D eigenvalue weighted by Crippen LogP contribution is -1.88. The molecular formula is C4H5BrO. The van der Waals surface area contributed by atoms with Crippen molar-refractivity contribution in [3.05, 3.63) is 0 Å². The first-order valence-electron chi connectivity index (χ1n) is 1.52. The van der Waals surface area contributed by atoms with Gasteiger partial charge in [0.1, 0.15) is 6.11 Å².